The number of pyridine rings is 1. The average molecular weight is 493 g/mol. The minimum Gasteiger partial charge on any atom is -0.475 e. The molecule has 1 aliphatic rings. The van der Waals surface area contributed by atoms with Crippen LogP contribution in [-0.4, -0.2) is 58.0 Å². The summed E-state index contributed by atoms with van der Waals surface area (Å²) in [5.41, 5.74) is 3.66. The predicted octanol–water partition coefficient (Wildman–Crippen LogP) is 3.47. The Morgan fingerprint density at radius 2 is 1.77 bits per heavy atom. The van der Waals surface area contributed by atoms with Gasteiger partial charge in [0.2, 0.25) is 5.95 Å². The molecule has 35 heavy (non-hydrogen) atoms. The lowest BCUT2D eigenvalue weighted by Crippen LogP contribution is -2.43. The molecule has 4 rings (SSSR count). The Kier molecular flexibility index (Phi) is 7.95. The molecule has 0 bridgehead atoms. The first-order valence-corrected chi connectivity index (χ1v) is 11.0. The second kappa shape index (κ2) is 10.7. The highest BCUT2D eigenvalue weighted by molar-refractivity contribution is 5.79. The zero-order chi connectivity index (χ0) is 25.8. The highest BCUT2D eigenvalue weighted by Gasteiger charge is 2.38. The van der Waals surface area contributed by atoms with E-state index >= 15 is 0 Å². The van der Waals surface area contributed by atoms with Crippen LogP contribution in [0.15, 0.2) is 41.3 Å². The van der Waals surface area contributed by atoms with Crippen molar-refractivity contribution in [3.05, 3.63) is 52.4 Å². The third kappa shape index (κ3) is 6.47. The smallest absolute Gasteiger partial charge is 0.475 e. The Hall–Kier alpha value is -3.67. The van der Waals surface area contributed by atoms with Gasteiger partial charge in [-0.15, -0.1) is 0 Å². The van der Waals surface area contributed by atoms with Crippen molar-refractivity contribution in [1.82, 2.24) is 19.9 Å². The third-order valence-corrected chi connectivity index (χ3v) is 5.36. The summed E-state index contributed by atoms with van der Waals surface area (Å²) in [6, 6.07) is 9.98. The number of carbonyl (C=O) groups is 1. The topological polar surface area (TPSA) is 112 Å². The van der Waals surface area contributed by atoms with Gasteiger partial charge in [-0.1, -0.05) is 0 Å². The first-order valence-electron chi connectivity index (χ1n) is 11.0. The van der Waals surface area contributed by atoms with Crippen LogP contribution in [0.2, 0.25) is 0 Å². The number of halogens is 3. The average Bonchev–Trinajstić information content (AvgIpc) is 2.79. The summed E-state index contributed by atoms with van der Waals surface area (Å²) in [6.07, 6.45) is -3.30. The molecule has 12 heteroatoms. The molecule has 1 aliphatic heterocycles. The molecule has 0 spiro atoms. The number of rotatable bonds is 4. The van der Waals surface area contributed by atoms with E-state index in [2.05, 4.69) is 37.6 Å². The molecule has 3 heterocycles. The van der Waals surface area contributed by atoms with E-state index in [0.717, 1.165) is 42.8 Å². The second-order valence-electron chi connectivity index (χ2n) is 8.27. The first kappa shape index (κ1) is 25.9. The summed E-state index contributed by atoms with van der Waals surface area (Å²) >= 11 is 0. The molecule has 0 radical (unpaired) electrons. The largest absolute Gasteiger partial charge is 0.490 e. The first-order chi connectivity index (χ1) is 16.5. The number of aromatic nitrogens is 3. The van der Waals surface area contributed by atoms with Crippen LogP contribution < -0.4 is 21.1 Å². The van der Waals surface area contributed by atoms with Crippen molar-refractivity contribution in [3.8, 4) is 0 Å². The number of aliphatic carboxylic acids is 1. The molecule has 3 N–H and O–H groups in total. The Bertz CT molecular complexity index is 1240. The van der Waals surface area contributed by atoms with Crippen LogP contribution in [0.3, 0.4) is 0 Å². The molecule has 3 aromatic rings. The lowest BCUT2D eigenvalue weighted by Gasteiger charge is -2.29. The number of fused-ring (bicyclic) bond motifs is 1. The number of nitrogens with zero attached hydrogens (tertiary/aromatic N) is 4. The number of nitrogens with one attached hydrogen (secondary N) is 2. The van der Waals surface area contributed by atoms with Gasteiger partial charge in [-0.3, -0.25) is 9.36 Å². The van der Waals surface area contributed by atoms with E-state index < -0.39 is 12.1 Å². The van der Waals surface area contributed by atoms with Gasteiger partial charge in [0.1, 0.15) is 5.65 Å². The van der Waals surface area contributed by atoms with Gasteiger partial charge in [-0.05, 0) is 50.6 Å². The number of benzene rings is 1. The van der Waals surface area contributed by atoms with E-state index in [0.29, 0.717) is 11.6 Å². The fourth-order valence-corrected chi connectivity index (χ4v) is 3.64. The van der Waals surface area contributed by atoms with Gasteiger partial charge in [0.15, 0.2) is 0 Å². The molecule has 1 fully saturated rings. The van der Waals surface area contributed by atoms with Crippen LogP contribution in [-0.2, 0) is 4.79 Å². The zero-order valence-electron chi connectivity index (χ0n) is 19.6. The van der Waals surface area contributed by atoms with Crippen molar-refractivity contribution in [2.45, 2.75) is 33.0 Å². The molecule has 188 valence electrons. The van der Waals surface area contributed by atoms with E-state index in [-0.39, 0.29) is 11.6 Å². The Morgan fingerprint density at radius 3 is 2.31 bits per heavy atom. The Morgan fingerprint density at radius 1 is 1.17 bits per heavy atom. The Balaban J connectivity index is 0.000000429. The Labute approximate surface area is 199 Å². The number of anilines is 3. The van der Waals surface area contributed by atoms with Crippen molar-refractivity contribution >= 4 is 34.3 Å². The van der Waals surface area contributed by atoms with E-state index in [4.69, 9.17) is 9.90 Å². The number of alkyl halides is 3. The number of carboxylic acids is 1. The number of carboxylic acid groups (broad SMARTS) is 1. The maximum absolute atomic E-state index is 12.4. The summed E-state index contributed by atoms with van der Waals surface area (Å²) in [6.45, 7) is 9.96. The summed E-state index contributed by atoms with van der Waals surface area (Å²) in [7, 11) is 0. The zero-order valence-corrected chi connectivity index (χ0v) is 19.6. The minimum absolute atomic E-state index is 0.0247. The highest BCUT2D eigenvalue weighted by atomic mass is 19.4. The second-order valence-corrected chi connectivity index (χ2v) is 8.27. The monoisotopic (exact) mass is 492 g/mol. The van der Waals surface area contributed by atoms with Gasteiger partial charge < -0.3 is 20.6 Å². The number of hydrogen-bond acceptors (Lipinski definition) is 7. The SMILES string of the molecule is Cc1cc(=O)n(C(C)C)c2nc(Nc3ccc(N4CCNCC4)cc3)ncc12.O=C(O)C(F)(F)F. The van der Waals surface area contributed by atoms with Gasteiger partial charge >= 0.3 is 12.1 Å². The predicted molar refractivity (Wildman–Crippen MR) is 127 cm³/mol. The lowest BCUT2D eigenvalue weighted by atomic mass is 10.2. The molecule has 0 saturated carbocycles. The maximum Gasteiger partial charge on any atom is 0.490 e. The standard InChI is InChI=1S/C21H26N6O.C2HF3O2/c1-14(2)27-19(28)12-15(3)18-13-23-21(25-20(18)27)24-16-4-6-17(7-5-16)26-10-8-22-9-11-26;3-2(4,5)1(6)7/h4-7,12-14,22H,8-11H2,1-3H3,(H,23,24,25);(H,6,7). The molecule has 0 unspecified atom stereocenters. The van der Waals surface area contributed by atoms with Gasteiger partial charge in [0.05, 0.1) is 0 Å². The van der Waals surface area contributed by atoms with Crippen molar-refractivity contribution < 1.29 is 23.1 Å². The molecule has 2 aromatic heterocycles. The molecule has 0 atom stereocenters. The van der Waals surface area contributed by atoms with Crippen LogP contribution in [0.4, 0.5) is 30.5 Å². The van der Waals surface area contributed by atoms with E-state index in [1.807, 2.05) is 32.9 Å². The molecular formula is C23H27F3N6O3. The van der Waals surface area contributed by atoms with Crippen molar-refractivity contribution in [1.29, 1.82) is 0 Å². The number of hydrogen-bond donors (Lipinski definition) is 3. The van der Waals surface area contributed by atoms with Crippen molar-refractivity contribution in [2.24, 2.45) is 0 Å². The van der Waals surface area contributed by atoms with E-state index in [9.17, 15) is 18.0 Å². The van der Waals surface area contributed by atoms with E-state index in [1.54, 1.807) is 16.8 Å². The van der Waals surface area contributed by atoms with Gasteiger partial charge in [-0.2, -0.15) is 18.2 Å². The molecule has 0 amide bonds. The van der Waals surface area contributed by atoms with Crippen LogP contribution in [0, 0.1) is 6.92 Å². The maximum atomic E-state index is 12.4. The fourth-order valence-electron chi connectivity index (χ4n) is 3.64. The summed E-state index contributed by atoms with van der Waals surface area (Å²) < 4.78 is 33.4. The summed E-state index contributed by atoms with van der Waals surface area (Å²) in [5, 5.41) is 14.7. The molecule has 1 aromatic carbocycles. The summed E-state index contributed by atoms with van der Waals surface area (Å²) in [4.78, 5) is 32.8. The highest BCUT2D eigenvalue weighted by Crippen LogP contribution is 2.22. The van der Waals surface area contributed by atoms with Gasteiger partial charge in [-0.25, -0.2) is 9.78 Å². The molecule has 0 aliphatic carbocycles. The van der Waals surface area contributed by atoms with Gasteiger partial charge in [0, 0.05) is 61.2 Å². The molecular weight excluding hydrogens is 465 g/mol. The lowest BCUT2D eigenvalue weighted by molar-refractivity contribution is -0.192. The van der Waals surface area contributed by atoms with Crippen LogP contribution >= 0.6 is 0 Å². The van der Waals surface area contributed by atoms with Crippen LogP contribution in [0.1, 0.15) is 25.5 Å². The van der Waals surface area contributed by atoms with Crippen LogP contribution in [0.5, 0.6) is 0 Å². The summed E-state index contributed by atoms with van der Waals surface area (Å²) in [5.74, 6) is -2.27. The number of aryl methyl sites for hydroxylation is 1. The fraction of sp³-hybridized carbons (Fsp3) is 0.391. The van der Waals surface area contributed by atoms with E-state index in [1.165, 1.54) is 5.69 Å². The third-order valence-electron chi connectivity index (χ3n) is 5.36. The van der Waals surface area contributed by atoms with Crippen LogP contribution in [0.25, 0.3) is 11.0 Å². The van der Waals surface area contributed by atoms with Crippen molar-refractivity contribution in [3.63, 3.8) is 0 Å². The minimum atomic E-state index is -5.08. The number of piperazine rings is 1. The van der Waals surface area contributed by atoms with Gasteiger partial charge in [0.25, 0.3) is 5.56 Å². The molecule has 1 saturated heterocycles. The quantitative estimate of drug-likeness (QED) is 0.508. The van der Waals surface area contributed by atoms with Crippen molar-refractivity contribution in [2.75, 3.05) is 36.4 Å². The molecule has 9 nitrogen and oxygen atoms in total. The normalized spacial score (nSPS) is 14.0.